The van der Waals surface area contributed by atoms with Crippen molar-refractivity contribution in [2.24, 2.45) is 0 Å². The fraction of sp³-hybridized carbons (Fsp3) is 0.125. The van der Waals surface area contributed by atoms with E-state index in [-0.39, 0.29) is 28.6 Å². The van der Waals surface area contributed by atoms with Gasteiger partial charge in [0, 0.05) is 11.3 Å². The van der Waals surface area contributed by atoms with E-state index < -0.39 is 12.1 Å². The number of fused-ring (bicyclic) bond motifs is 1. The summed E-state index contributed by atoms with van der Waals surface area (Å²) in [5, 5.41) is 2.50. The maximum atomic E-state index is 12.6. The monoisotopic (exact) mass is 352 g/mol. The predicted molar refractivity (Wildman–Crippen MR) is 82.2 cm³/mol. The third kappa shape index (κ3) is 3.01. The molecule has 122 valence electrons. The van der Waals surface area contributed by atoms with Crippen LogP contribution in [0.1, 0.15) is 5.56 Å². The van der Waals surface area contributed by atoms with Crippen molar-refractivity contribution in [1.82, 2.24) is 0 Å². The fourth-order valence-electron chi connectivity index (χ4n) is 2.50. The van der Waals surface area contributed by atoms with Crippen molar-refractivity contribution < 1.29 is 22.7 Å². The number of nitrogens with zero attached hydrogens (tertiary/aromatic N) is 1. The number of rotatable bonds is 2. The van der Waals surface area contributed by atoms with Crippen molar-refractivity contribution in [3.05, 3.63) is 52.3 Å². The van der Waals surface area contributed by atoms with Gasteiger partial charge in [-0.05, 0) is 29.3 Å². The summed E-state index contributed by atoms with van der Waals surface area (Å²) in [5.41, 5.74) is 1.54. The minimum Gasteiger partial charge on any atom is -0.405 e. The van der Waals surface area contributed by atoms with Gasteiger partial charge >= 0.3 is 6.36 Å². The van der Waals surface area contributed by atoms with E-state index in [4.69, 9.17) is 18.2 Å². The molecule has 0 saturated heterocycles. The molecule has 2 aromatic carbocycles. The van der Waals surface area contributed by atoms with Gasteiger partial charge in [0.2, 0.25) is 11.6 Å². The van der Waals surface area contributed by atoms with Crippen LogP contribution >= 0.6 is 11.6 Å². The number of benzene rings is 2. The van der Waals surface area contributed by atoms with Gasteiger partial charge in [0.25, 0.3) is 0 Å². The Hall–Kier alpha value is -2.72. The van der Waals surface area contributed by atoms with Gasteiger partial charge in [-0.25, -0.2) is 4.85 Å². The lowest BCUT2D eigenvalue weighted by molar-refractivity contribution is -0.274. The largest absolute Gasteiger partial charge is 0.573 e. The number of hydrogen-bond acceptors (Lipinski definition) is 2. The Morgan fingerprint density at radius 1 is 1.25 bits per heavy atom. The second-order valence-corrected chi connectivity index (χ2v) is 5.41. The van der Waals surface area contributed by atoms with E-state index in [1.807, 2.05) is 0 Å². The van der Waals surface area contributed by atoms with Crippen LogP contribution in [-0.4, -0.2) is 12.3 Å². The molecule has 1 aliphatic rings. The summed E-state index contributed by atoms with van der Waals surface area (Å²) < 4.78 is 42.0. The number of hydrogen-bond donors (Lipinski definition) is 1. The number of amides is 1. The van der Waals surface area contributed by atoms with E-state index in [1.165, 1.54) is 12.1 Å². The summed E-state index contributed by atoms with van der Waals surface area (Å²) in [5.74, 6) is -0.702. The zero-order valence-corrected chi connectivity index (χ0v) is 12.6. The maximum absolute atomic E-state index is 12.6. The highest BCUT2D eigenvalue weighted by molar-refractivity contribution is 6.36. The van der Waals surface area contributed by atoms with Gasteiger partial charge in [0.1, 0.15) is 5.75 Å². The average molecular weight is 353 g/mol. The van der Waals surface area contributed by atoms with E-state index in [0.717, 1.165) is 6.07 Å². The minimum atomic E-state index is -4.90. The van der Waals surface area contributed by atoms with Gasteiger partial charge in [-0.3, -0.25) is 4.79 Å². The molecule has 0 unspecified atom stereocenters. The first-order valence-corrected chi connectivity index (χ1v) is 7.05. The number of carbonyl (C=O) groups is 1. The molecule has 0 spiro atoms. The number of carbonyl (C=O) groups excluding carboxylic acids is 1. The highest BCUT2D eigenvalue weighted by atomic mass is 35.5. The van der Waals surface area contributed by atoms with Crippen molar-refractivity contribution in [2.75, 3.05) is 5.32 Å². The van der Waals surface area contributed by atoms with Crippen molar-refractivity contribution >= 4 is 28.9 Å². The Kier molecular flexibility index (Phi) is 3.85. The van der Waals surface area contributed by atoms with Crippen molar-refractivity contribution in [2.45, 2.75) is 12.8 Å². The van der Waals surface area contributed by atoms with Crippen molar-refractivity contribution in [3.63, 3.8) is 0 Å². The van der Waals surface area contributed by atoms with Crippen LogP contribution in [0.3, 0.4) is 0 Å². The lowest BCUT2D eigenvalue weighted by Gasteiger charge is -2.16. The van der Waals surface area contributed by atoms with Gasteiger partial charge in [0.15, 0.2) is 0 Å². The lowest BCUT2D eigenvalue weighted by atomic mass is 10.00. The molecule has 0 radical (unpaired) electrons. The van der Waals surface area contributed by atoms with E-state index in [9.17, 15) is 18.0 Å². The van der Waals surface area contributed by atoms with E-state index in [1.54, 1.807) is 12.1 Å². The highest BCUT2D eigenvalue weighted by Crippen LogP contribution is 2.44. The Bertz CT molecular complexity index is 888. The molecule has 1 aliphatic heterocycles. The first-order chi connectivity index (χ1) is 11.3. The minimum absolute atomic E-state index is 0.0101. The van der Waals surface area contributed by atoms with E-state index >= 15 is 0 Å². The normalized spacial score (nSPS) is 13.2. The molecule has 0 bridgehead atoms. The molecule has 3 rings (SSSR count). The number of nitrogens with one attached hydrogen (secondary N) is 1. The molecule has 2 aromatic rings. The topological polar surface area (TPSA) is 42.7 Å². The van der Waals surface area contributed by atoms with Crippen LogP contribution in [0.2, 0.25) is 5.02 Å². The SMILES string of the molecule is [C-]#[N+]c1ccc(OC(F)(F)F)c(-c2ccc3c(c2)CC(=O)N3)c1Cl. The number of halogens is 4. The van der Waals surface area contributed by atoms with Gasteiger partial charge in [-0.2, -0.15) is 0 Å². The summed E-state index contributed by atoms with van der Waals surface area (Å²) in [4.78, 5) is 14.6. The predicted octanol–water partition coefficient (Wildman–Crippen LogP) is 4.95. The van der Waals surface area contributed by atoms with Crippen molar-refractivity contribution in [1.29, 1.82) is 0 Å². The van der Waals surface area contributed by atoms with Crippen LogP contribution in [0, 0.1) is 6.57 Å². The summed E-state index contributed by atoms with van der Waals surface area (Å²) in [6.45, 7) is 7.07. The molecule has 0 saturated carbocycles. The number of ether oxygens (including phenoxy) is 1. The third-order valence-electron chi connectivity index (χ3n) is 3.45. The smallest absolute Gasteiger partial charge is 0.405 e. The number of anilines is 1. The average Bonchev–Trinajstić information content (AvgIpc) is 2.85. The maximum Gasteiger partial charge on any atom is 0.573 e. The Morgan fingerprint density at radius 2 is 2.00 bits per heavy atom. The molecular formula is C16H8ClF3N2O2. The van der Waals surface area contributed by atoms with Crippen LogP contribution in [0.25, 0.3) is 16.0 Å². The second kappa shape index (κ2) is 5.73. The molecule has 4 nitrogen and oxygen atoms in total. The van der Waals surface area contributed by atoms with Gasteiger partial charge < -0.3 is 10.1 Å². The first-order valence-electron chi connectivity index (χ1n) is 6.67. The molecule has 0 atom stereocenters. The standard InChI is InChI=1S/C16H8ClF3N2O2/c1-21-11-4-5-12(24-16(18,19)20)14(15(11)17)8-2-3-10-9(6-8)7-13(23)22-10/h2-6H,7H2,(H,22,23). The Labute approximate surface area is 139 Å². The molecule has 0 aromatic heterocycles. The van der Waals surface area contributed by atoms with Crippen LogP contribution < -0.4 is 10.1 Å². The van der Waals surface area contributed by atoms with Gasteiger partial charge in [0.05, 0.1) is 18.0 Å². The zero-order chi connectivity index (χ0) is 17.5. The Morgan fingerprint density at radius 3 is 2.67 bits per heavy atom. The zero-order valence-electron chi connectivity index (χ0n) is 11.9. The summed E-state index contributed by atoms with van der Waals surface area (Å²) in [6.07, 6.45) is -4.77. The number of alkyl halides is 3. The lowest BCUT2D eigenvalue weighted by Crippen LogP contribution is -2.17. The van der Waals surface area contributed by atoms with E-state index in [0.29, 0.717) is 16.8 Å². The summed E-state index contributed by atoms with van der Waals surface area (Å²) >= 11 is 6.11. The highest BCUT2D eigenvalue weighted by Gasteiger charge is 2.33. The van der Waals surface area contributed by atoms with Crippen LogP contribution in [0.4, 0.5) is 24.5 Å². The molecule has 1 heterocycles. The quantitative estimate of drug-likeness (QED) is 0.777. The third-order valence-corrected chi connectivity index (χ3v) is 3.83. The van der Waals surface area contributed by atoms with Crippen LogP contribution in [-0.2, 0) is 11.2 Å². The summed E-state index contributed by atoms with van der Waals surface area (Å²) in [7, 11) is 0. The molecule has 0 fully saturated rings. The van der Waals surface area contributed by atoms with E-state index in [2.05, 4.69) is 14.9 Å². The molecule has 0 aliphatic carbocycles. The Balaban J connectivity index is 2.17. The molecule has 1 N–H and O–H groups in total. The molecule has 24 heavy (non-hydrogen) atoms. The van der Waals surface area contributed by atoms with Crippen LogP contribution in [0.5, 0.6) is 5.75 Å². The second-order valence-electron chi connectivity index (χ2n) is 5.03. The summed E-state index contributed by atoms with van der Waals surface area (Å²) in [6, 6.07) is 6.87. The molecule has 8 heteroatoms. The molecular weight excluding hydrogens is 345 g/mol. The van der Waals surface area contributed by atoms with Crippen molar-refractivity contribution in [3.8, 4) is 16.9 Å². The van der Waals surface area contributed by atoms with Crippen LogP contribution in [0.15, 0.2) is 30.3 Å². The van der Waals surface area contributed by atoms with Gasteiger partial charge in [-0.1, -0.05) is 23.7 Å². The molecule has 1 amide bonds. The fourth-order valence-corrected chi connectivity index (χ4v) is 2.80. The van der Waals surface area contributed by atoms with Gasteiger partial charge in [-0.15, -0.1) is 13.2 Å². The first kappa shape index (κ1) is 16.1.